The molecule has 0 N–H and O–H groups in total. The molecule has 1 heterocycles. The van der Waals surface area contributed by atoms with Crippen LogP contribution >= 0.6 is 27.5 Å². The van der Waals surface area contributed by atoms with Crippen LogP contribution in [0.1, 0.15) is 21.6 Å². The van der Waals surface area contributed by atoms with Crippen LogP contribution in [0, 0.1) is 11.3 Å². The van der Waals surface area contributed by atoms with Crippen molar-refractivity contribution >= 4 is 33.5 Å². The lowest BCUT2D eigenvalue weighted by Gasteiger charge is -2.16. The molecule has 0 aliphatic carbocycles. The van der Waals surface area contributed by atoms with Gasteiger partial charge in [-0.2, -0.15) is 18.4 Å². The van der Waals surface area contributed by atoms with Crippen molar-refractivity contribution in [2.75, 3.05) is 0 Å². The van der Waals surface area contributed by atoms with Gasteiger partial charge in [-0.15, -0.1) is 0 Å². The Labute approximate surface area is 177 Å². The van der Waals surface area contributed by atoms with Gasteiger partial charge < -0.3 is 9.30 Å². The number of esters is 1. The molecule has 0 spiro atoms. The van der Waals surface area contributed by atoms with E-state index in [1.54, 1.807) is 24.3 Å². The van der Waals surface area contributed by atoms with E-state index in [4.69, 9.17) is 16.3 Å². The van der Waals surface area contributed by atoms with Gasteiger partial charge in [0.05, 0.1) is 21.3 Å². The van der Waals surface area contributed by atoms with Crippen LogP contribution in [-0.4, -0.2) is 10.5 Å². The van der Waals surface area contributed by atoms with E-state index in [2.05, 4.69) is 15.9 Å². The molecule has 3 aromatic rings. The third-order valence-electron chi connectivity index (χ3n) is 4.04. The van der Waals surface area contributed by atoms with E-state index in [-0.39, 0.29) is 16.8 Å². The Morgan fingerprint density at radius 3 is 2.31 bits per heavy atom. The molecule has 0 atom stereocenters. The summed E-state index contributed by atoms with van der Waals surface area (Å²) in [7, 11) is 0. The van der Waals surface area contributed by atoms with Crippen molar-refractivity contribution in [1.82, 2.24) is 4.57 Å². The molecule has 0 saturated heterocycles. The first kappa shape index (κ1) is 21.0. The second kappa shape index (κ2) is 8.31. The SMILES string of the molecule is N#Cc1c(Br)c(C(F)(F)F)n(COC(=O)c2ccccc2)c1-c1ccc(Cl)cc1. The first-order chi connectivity index (χ1) is 13.7. The number of hydrogen-bond acceptors (Lipinski definition) is 3. The molecule has 0 unspecified atom stereocenters. The van der Waals surface area contributed by atoms with Gasteiger partial charge in [-0.1, -0.05) is 41.9 Å². The van der Waals surface area contributed by atoms with Crippen molar-refractivity contribution in [2.45, 2.75) is 12.9 Å². The summed E-state index contributed by atoms with van der Waals surface area (Å²) in [5, 5.41) is 9.86. The average molecular weight is 484 g/mol. The predicted molar refractivity (Wildman–Crippen MR) is 104 cm³/mol. The number of halogens is 5. The smallest absolute Gasteiger partial charge is 0.432 e. The Morgan fingerprint density at radius 1 is 1.14 bits per heavy atom. The molecule has 4 nitrogen and oxygen atoms in total. The number of benzene rings is 2. The number of carbonyl (C=O) groups excluding carboxylic acids is 1. The molecule has 0 amide bonds. The van der Waals surface area contributed by atoms with Crippen LogP contribution in [0.2, 0.25) is 5.02 Å². The lowest BCUT2D eigenvalue weighted by Crippen LogP contribution is -2.18. The minimum Gasteiger partial charge on any atom is -0.440 e. The van der Waals surface area contributed by atoms with E-state index in [9.17, 15) is 23.2 Å². The summed E-state index contributed by atoms with van der Waals surface area (Å²) < 4.78 is 46.7. The lowest BCUT2D eigenvalue weighted by atomic mass is 10.1. The van der Waals surface area contributed by atoms with Crippen LogP contribution in [0.3, 0.4) is 0 Å². The Bertz CT molecular complexity index is 1090. The summed E-state index contributed by atoms with van der Waals surface area (Å²) >= 11 is 8.74. The number of carbonyl (C=O) groups is 1. The van der Waals surface area contributed by atoms with Gasteiger partial charge in [0.15, 0.2) is 6.73 Å². The molecule has 0 aliphatic rings. The maximum absolute atomic E-state index is 13.7. The van der Waals surface area contributed by atoms with Crippen molar-refractivity contribution in [3.8, 4) is 17.3 Å². The number of rotatable bonds is 4. The summed E-state index contributed by atoms with van der Waals surface area (Å²) in [6.07, 6.45) is -4.80. The quantitative estimate of drug-likeness (QED) is 0.411. The summed E-state index contributed by atoms with van der Waals surface area (Å²) in [4.78, 5) is 12.2. The van der Waals surface area contributed by atoms with Gasteiger partial charge in [0.2, 0.25) is 0 Å². The molecule has 2 aromatic carbocycles. The molecular formula is C20H11BrClF3N2O2. The van der Waals surface area contributed by atoms with Crippen LogP contribution in [0.15, 0.2) is 59.1 Å². The van der Waals surface area contributed by atoms with Gasteiger partial charge in [-0.05, 0) is 45.8 Å². The number of aromatic nitrogens is 1. The molecule has 0 bridgehead atoms. The zero-order valence-electron chi connectivity index (χ0n) is 14.5. The highest BCUT2D eigenvalue weighted by molar-refractivity contribution is 9.10. The van der Waals surface area contributed by atoms with Crippen LogP contribution < -0.4 is 0 Å². The predicted octanol–water partition coefficient (Wildman–Crippen LogP) is 6.28. The highest BCUT2D eigenvalue weighted by atomic mass is 79.9. The molecule has 148 valence electrons. The Hall–Kier alpha value is -2.76. The zero-order chi connectivity index (χ0) is 21.2. The Balaban J connectivity index is 2.11. The average Bonchev–Trinajstić information content (AvgIpc) is 2.99. The molecule has 3 rings (SSSR count). The standard InChI is InChI=1S/C20H11BrClF3N2O2/c21-16-15(10-26)17(12-6-8-14(22)9-7-12)27(18(16)20(23,24)25)11-29-19(28)13-4-2-1-3-5-13/h1-9H,11H2. The molecule has 1 aromatic heterocycles. The fourth-order valence-corrected chi connectivity index (χ4v) is 3.63. The number of hydrogen-bond donors (Lipinski definition) is 0. The zero-order valence-corrected chi connectivity index (χ0v) is 16.8. The number of alkyl halides is 3. The summed E-state index contributed by atoms with van der Waals surface area (Å²) in [6, 6.07) is 15.6. The Kier molecular flexibility index (Phi) is 6.01. The highest BCUT2D eigenvalue weighted by Gasteiger charge is 2.41. The van der Waals surface area contributed by atoms with Gasteiger partial charge in [-0.3, -0.25) is 0 Å². The molecule has 0 aliphatic heterocycles. The van der Waals surface area contributed by atoms with Crippen molar-refractivity contribution in [3.05, 3.63) is 80.9 Å². The summed E-state index contributed by atoms with van der Waals surface area (Å²) in [5.41, 5.74) is -0.877. The topological polar surface area (TPSA) is 55.0 Å². The molecule has 0 radical (unpaired) electrons. The molecule has 0 saturated carbocycles. The third kappa shape index (κ3) is 4.31. The second-order valence-corrected chi connectivity index (χ2v) is 7.09. The van der Waals surface area contributed by atoms with Crippen molar-refractivity contribution in [1.29, 1.82) is 5.26 Å². The van der Waals surface area contributed by atoms with Crippen molar-refractivity contribution in [3.63, 3.8) is 0 Å². The highest BCUT2D eigenvalue weighted by Crippen LogP contribution is 2.43. The maximum atomic E-state index is 13.7. The number of ether oxygens (including phenoxy) is 1. The van der Waals surface area contributed by atoms with E-state index in [0.29, 0.717) is 10.6 Å². The van der Waals surface area contributed by atoms with Gasteiger partial charge in [0.25, 0.3) is 0 Å². The normalized spacial score (nSPS) is 11.2. The number of nitrogens with zero attached hydrogens (tertiary/aromatic N) is 2. The van der Waals surface area contributed by atoms with Gasteiger partial charge in [0.1, 0.15) is 11.8 Å². The first-order valence-electron chi connectivity index (χ1n) is 8.11. The van der Waals surface area contributed by atoms with Crippen LogP contribution in [0.25, 0.3) is 11.3 Å². The van der Waals surface area contributed by atoms with Crippen LogP contribution in [-0.2, 0) is 17.6 Å². The second-order valence-electron chi connectivity index (χ2n) is 5.86. The van der Waals surface area contributed by atoms with E-state index >= 15 is 0 Å². The van der Waals surface area contributed by atoms with Gasteiger partial charge >= 0.3 is 12.1 Å². The van der Waals surface area contributed by atoms with E-state index in [1.807, 2.05) is 0 Å². The molecule has 0 fully saturated rings. The van der Waals surface area contributed by atoms with E-state index < -0.39 is 29.0 Å². The third-order valence-corrected chi connectivity index (χ3v) is 5.06. The minimum atomic E-state index is -4.80. The largest absolute Gasteiger partial charge is 0.440 e. The first-order valence-corrected chi connectivity index (χ1v) is 9.28. The van der Waals surface area contributed by atoms with E-state index in [1.165, 1.54) is 36.4 Å². The summed E-state index contributed by atoms with van der Waals surface area (Å²) in [6.45, 7) is -0.735. The molecule has 29 heavy (non-hydrogen) atoms. The minimum absolute atomic E-state index is 0.0378. The van der Waals surface area contributed by atoms with Gasteiger partial charge in [-0.25, -0.2) is 4.79 Å². The number of nitriles is 1. The lowest BCUT2D eigenvalue weighted by molar-refractivity contribution is -0.145. The maximum Gasteiger partial charge on any atom is 0.432 e. The van der Waals surface area contributed by atoms with Crippen LogP contribution in [0.4, 0.5) is 13.2 Å². The van der Waals surface area contributed by atoms with Crippen LogP contribution in [0.5, 0.6) is 0 Å². The van der Waals surface area contributed by atoms with E-state index in [0.717, 1.165) is 4.57 Å². The van der Waals surface area contributed by atoms with Crippen molar-refractivity contribution in [2.24, 2.45) is 0 Å². The van der Waals surface area contributed by atoms with Gasteiger partial charge in [0, 0.05) is 5.02 Å². The Morgan fingerprint density at radius 2 is 1.76 bits per heavy atom. The fraction of sp³-hybridized carbons (Fsp3) is 0.100. The molecule has 9 heteroatoms. The summed E-state index contributed by atoms with van der Waals surface area (Å²) in [5.74, 6) is -0.788. The fourth-order valence-electron chi connectivity index (χ4n) is 2.78. The monoisotopic (exact) mass is 482 g/mol. The van der Waals surface area contributed by atoms with Crippen molar-refractivity contribution < 1.29 is 22.7 Å². The molecular weight excluding hydrogens is 473 g/mol.